The number of fused-ring (bicyclic) bond motifs is 1. The van der Waals surface area contributed by atoms with E-state index in [9.17, 15) is 4.79 Å². The number of hydrogen-bond acceptors (Lipinski definition) is 6. The van der Waals surface area contributed by atoms with Gasteiger partial charge in [0.1, 0.15) is 5.75 Å². The summed E-state index contributed by atoms with van der Waals surface area (Å²) in [5.41, 5.74) is 3.35. The summed E-state index contributed by atoms with van der Waals surface area (Å²) in [5, 5.41) is 6.42. The topological polar surface area (TPSA) is 80.5 Å². The van der Waals surface area contributed by atoms with Crippen molar-refractivity contribution in [3.8, 4) is 5.75 Å². The number of anilines is 2. The van der Waals surface area contributed by atoms with Crippen LogP contribution >= 0.6 is 0 Å². The van der Waals surface area contributed by atoms with Crippen molar-refractivity contribution in [2.75, 3.05) is 17.7 Å². The molecule has 1 aliphatic heterocycles. The van der Waals surface area contributed by atoms with Gasteiger partial charge in [0, 0.05) is 23.0 Å². The second-order valence-corrected chi connectivity index (χ2v) is 6.68. The van der Waals surface area contributed by atoms with Gasteiger partial charge in [0.25, 0.3) is 5.56 Å². The van der Waals surface area contributed by atoms with Crippen molar-refractivity contribution < 1.29 is 4.74 Å². The summed E-state index contributed by atoms with van der Waals surface area (Å²) in [6.07, 6.45) is -0.556. The Bertz CT molecular complexity index is 1120. The van der Waals surface area contributed by atoms with Crippen LogP contribution in [-0.4, -0.2) is 22.6 Å². The third-order valence-electron chi connectivity index (χ3n) is 4.48. The highest BCUT2D eigenvalue weighted by Crippen LogP contribution is 2.28. The average molecular weight is 375 g/mol. The first-order chi connectivity index (χ1) is 13.5. The molecule has 3 aromatic rings. The number of ether oxygens (including phenoxy) is 1. The van der Waals surface area contributed by atoms with E-state index in [-0.39, 0.29) is 5.56 Å². The second-order valence-electron chi connectivity index (χ2n) is 6.68. The average Bonchev–Trinajstić information content (AvgIpc) is 2.67. The van der Waals surface area contributed by atoms with E-state index in [0.717, 1.165) is 16.8 Å². The van der Waals surface area contributed by atoms with Gasteiger partial charge < -0.3 is 10.1 Å². The third kappa shape index (κ3) is 3.46. The minimum absolute atomic E-state index is 0.166. The molecule has 1 unspecified atom stereocenters. The van der Waals surface area contributed by atoms with Gasteiger partial charge in [-0.25, -0.2) is 9.98 Å². The minimum atomic E-state index is -0.556. The van der Waals surface area contributed by atoms with Crippen LogP contribution in [0.2, 0.25) is 0 Å². The van der Waals surface area contributed by atoms with E-state index in [1.807, 2.05) is 55.5 Å². The Morgan fingerprint density at radius 1 is 1.11 bits per heavy atom. The fraction of sp³-hybridized carbons (Fsp3) is 0.190. The largest absolute Gasteiger partial charge is 0.497 e. The van der Waals surface area contributed by atoms with Gasteiger partial charge in [0.2, 0.25) is 11.9 Å². The van der Waals surface area contributed by atoms with Crippen molar-refractivity contribution in [2.45, 2.75) is 20.0 Å². The number of hydrogen-bond donors (Lipinski definition) is 2. The Labute approximate surface area is 162 Å². The van der Waals surface area contributed by atoms with Crippen LogP contribution in [0.4, 0.5) is 11.6 Å². The summed E-state index contributed by atoms with van der Waals surface area (Å²) < 4.78 is 6.88. The molecule has 4 rings (SSSR count). The number of aromatic nitrogens is 2. The number of rotatable bonds is 3. The lowest BCUT2D eigenvalue weighted by Crippen LogP contribution is -2.37. The lowest BCUT2D eigenvalue weighted by atomic mass is 10.1. The third-order valence-corrected chi connectivity index (χ3v) is 4.48. The summed E-state index contributed by atoms with van der Waals surface area (Å²) >= 11 is 0. The highest BCUT2D eigenvalue weighted by Gasteiger charge is 2.25. The fourth-order valence-electron chi connectivity index (χ4n) is 3.20. The smallest absolute Gasteiger partial charge is 0.257 e. The number of nitrogens with one attached hydrogen (secondary N) is 2. The molecule has 142 valence electrons. The first-order valence-electron chi connectivity index (χ1n) is 8.96. The zero-order valence-electron chi connectivity index (χ0n) is 15.9. The SMILES string of the molecule is COc1cccc(C2N=C(Nc3cccc(C)c3)Nc3nc(C)cc(=O)n32)c1. The molecule has 0 bridgehead atoms. The molecular formula is C21H21N5O2. The molecule has 0 fully saturated rings. The molecule has 0 spiro atoms. The van der Waals surface area contributed by atoms with Crippen LogP contribution < -0.4 is 20.9 Å². The number of aliphatic imine (C=N–C) groups is 1. The molecule has 7 heteroatoms. The molecule has 7 nitrogen and oxygen atoms in total. The van der Waals surface area contributed by atoms with Gasteiger partial charge in [-0.3, -0.25) is 14.7 Å². The number of benzene rings is 2. The van der Waals surface area contributed by atoms with Crippen molar-refractivity contribution >= 4 is 17.6 Å². The van der Waals surface area contributed by atoms with E-state index in [1.165, 1.54) is 6.07 Å². The first-order valence-corrected chi connectivity index (χ1v) is 8.96. The van der Waals surface area contributed by atoms with Crippen LogP contribution in [-0.2, 0) is 0 Å². The molecular weight excluding hydrogens is 354 g/mol. The van der Waals surface area contributed by atoms with Crippen molar-refractivity contribution in [1.82, 2.24) is 9.55 Å². The molecule has 0 aliphatic carbocycles. The monoisotopic (exact) mass is 375 g/mol. The summed E-state index contributed by atoms with van der Waals surface area (Å²) in [7, 11) is 1.61. The maximum Gasteiger partial charge on any atom is 0.257 e. The lowest BCUT2D eigenvalue weighted by Gasteiger charge is -2.27. The Hall–Kier alpha value is -3.61. The number of guanidine groups is 1. The second kappa shape index (κ2) is 7.19. The highest BCUT2D eigenvalue weighted by molar-refractivity contribution is 6.03. The van der Waals surface area contributed by atoms with E-state index in [0.29, 0.717) is 23.4 Å². The Morgan fingerprint density at radius 3 is 2.71 bits per heavy atom. The van der Waals surface area contributed by atoms with Gasteiger partial charge in [-0.2, -0.15) is 0 Å². The van der Waals surface area contributed by atoms with Gasteiger partial charge in [0.05, 0.1) is 7.11 Å². The van der Waals surface area contributed by atoms with Crippen LogP contribution in [0.3, 0.4) is 0 Å². The summed E-state index contributed by atoms with van der Waals surface area (Å²) in [6, 6.07) is 17.0. The molecule has 2 heterocycles. The molecule has 2 N–H and O–H groups in total. The van der Waals surface area contributed by atoms with E-state index in [2.05, 4.69) is 15.6 Å². The van der Waals surface area contributed by atoms with Crippen LogP contribution in [0.25, 0.3) is 0 Å². The number of aryl methyl sites for hydroxylation is 2. The predicted molar refractivity (Wildman–Crippen MR) is 110 cm³/mol. The maximum absolute atomic E-state index is 12.7. The highest BCUT2D eigenvalue weighted by atomic mass is 16.5. The van der Waals surface area contributed by atoms with Crippen LogP contribution in [0.5, 0.6) is 5.75 Å². The molecule has 0 saturated carbocycles. The zero-order valence-corrected chi connectivity index (χ0v) is 15.9. The first kappa shape index (κ1) is 17.8. The molecule has 1 aromatic heterocycles. The van der Waals surface area contributed by atoms with E-state index >= 15 is 0 Å². The number of nitrogens with zero attached hydrogens (tertiary/aromatic N) is 3. The quantitative estimate of drug-likeness (QED) is 0.734. The molecule has 2 aromatic carbocycles. The van der Waals surface area contributed by atoms with Crippen LogP contribution in [0, 0.1) is 13.8 Å². The van der Waals surface area contributed by atoms with Crippen molar-refractivity contribution in [2.24, 2.45) is 4.99 Å². The lowest BCUT2D eigenvalue weighted by molar-refractivity contribution is 0.413. The Kier molecular flexibility index (Phi) is 4.57. The Balaban J connectivity index is 1.81. The fourth-order valence-corrected chi connectivity index (χ4v) is 3.20. The van der Waals surface area contributed by atoms with Crippen molar-refractivity contribution in [3.05, 3.63) is 81.8 Å². The number of methoxy groups -OCH3 is 1. The van der Waals surface area contributed by atoms with Gasteiger partial charge >= 0.3 is 0 Å². The molecule has 0 radical (unpaired) electrons. The standard InChI is InChI=1S/C21H21N5O2/c1-13-6-4-8-16(10-13)23-20-24-19(15-7-5-9-17(12-15)28-3)26-18(27)11-14(2)22-21(26)25-20/h4-12,19H,1-3H3,(H2,22,23,24,25). The summed E-state index contributed by atoms with van der Waals surface area (Å²) in [6.45, 7) is 3.82. The molecule has 1 atom stereocenters. The van der Waals surface area contributed by atoms with Gasteiger partial charge in [-0.05, 0) is 43.7 Å². The van der Waals surface area contributed by atoms with E-state index < -0.39 is 6.17 Å². The molecule has 0 saturated heterocycles. The summed E-state index contributed by atoms with van der Waals surface area (Å²) in [4.78, 5) is 21.9. The Morgan fingerprint density at radius 2 is 1.93 bits per heavy atom. The van der Waals surface area contributed by atoms with Crippen molar-refractivity contribution in [3.63, 3.8) is 0 Å². The normalized spacial score (nSPS) is 15.2. The predicted octanol–water partition coefficient (Wildman–Crippen LogP) is 3.31. The molecule has 1 aliphatic rings. The molecule has 28 heavy (non-hydrogen) atoms. The van der Waals surface area contributed by atoms with Crippen molar-refractivity contribution in [1.29, 1.82) is 0 Å². The van der Waals surface area contributed by atoms with E-state index in [1.54, 1.807) is 18.6 Å². The maximum atomic E-state index is 12.7. The van der Waals surface area contributed by atoms with Crippen LogP contribution in [0.1, 0.15) is 23.0 Å². The van der Waals surface area contributed by atoms with E-state index in [4.69, 9.17) is 9.73 Å². The van der Waals surface area contributed by atoms with Gasteiger partial charge in [0.15, 0.2) is 6.17 Å². The van der Waals surface area contributed by atoms with Gasteiger partial charge in [-0.15, -0.1) is 0 Å². The summed E-state index contributed by atoms with van der Waals surface area (Å²) in [5.74, 6) is 1.67. The zero-order chi connectivity index (χ0) is 19.7. The molecule has 0 amide bonds. The minimum Gasteiger partial charge on any atom is -0.497 e. The van der Waals surface area contributed by atoms with Crippen LogP contribution in [0.15, 0.2) is 64.4 Å². The van der Waals surface area contributed by atoms with Gasteiger partial charge in [-0.1, -0.05) is 24.3 Å².